The van der Waals surface area contributed by atoms with Crippen LogP contribution in [-0.4, -0.2) is 23.6 Å². The zero-order valence-electron chi connectivity index (χ0n) is 8.43. The summed E-state index contributed by atoms with van der Waals surface area (Å²) in [7, 11) is 0. The van der Waals surface area contributed by atoms with Crippen LogP contribution in [0.4, 0.5) is 0 Å². The van der Waals surface area contributed by atoms with Gasteiger partial charge < -0.3 is 9.84 Å². The maximum atomic E-state index is 9.80. The van der Waals surface area contributed by atoms with Crippen molar-refractivity contribution in [3.8, 4) is 0 Å². The van der Waals surface area contributed by atoms with E-state index >= 15 is 0 Å². The molecule has 1 aromatic carbocycles. The smallest absolute Gasteiger partial charge is 0.121 e. The van der Waals surface area contributed by atoms with E-state index < -0.39 is 6.10 Å². The molecule has 1 N–H and O–H groups in total. The van der Waals surface area contributed by atoms with Crippen LogP contribution in [0, 0.1) is 0 Å². The van der Waals surface area contributed by atoms with Crippen molar-refractivity contribution in [2.75, 3.05) is 12.4 Å². The van der Waals surface area contributed by atoms with Gasteiger partial charge in [0.15, 0.2) is 0 Å². The van der Waals surface area contributed by atoms with Gasteiger partial charge in [-0.25, -0.2) is 0 Å². The standard InChI is InChI=1S/C12H14O2S/c13-11(12-7-4-8-14-12)9-15-10-5-2-1-3-6-10/h1-3,5-7,11,13H,4,8-9H2. The van der Waals surface area contributed by atoms with Crippen molar-refractivity contribution in [3.63, 3.8) is 0 Å². The zero-order valence-corrected chi connectivity index (χ0v) is 9.24. The first-order chi connectivity index (χ1) is 7.36. The number of ether oxygens (including phenoxy) is 1. The van der Waals surface area contributed by atoms with Crippen LogP contribution in [0.5, 0.6) is 0 Å². The normalized spacial score (nSPS) is 17.0. The Morgan fingerprint density at radius 2 is 2.13 bits per heavy atom. The fraction of sp³-hybridized carbons (Fsp3) is 0.333. The summed E-state index contributed by atoms with van der Waals surface area (Å²) in [6, 6.07) is 10.1. The summed E-state index contributed by atoms with van der Waals surface area (Å²) in [6.07, 6.45) is 2.41. The van der Waals surface area contributed by atoms with Gasteiger partial charge in [-0.05, 0) is 18.2 Å². The molecule has 0 radical (unpaired) electrons. The van der Waals surface area contributed by atoms with Gasteiger partial charge >= 0.3 is 0 Å². The minimum atomic E-state index is -0.474. The third-order valence-corrected chi connectivity index (χ3v) is 3.30. The maximum Gasteiger partial charge on any atom is 0.121 e. The van der Waals surface area contributed by atoms with Gasteiger partial charge in [-0.15, -0.1) is 11.8 Å². The van der Waals surface area contributed by atoms with Crippen LogP contribution in [0.3, 0.4) is 0 Å². The lowest BCUT2D eigenvalue weighted by atomic mass is 10.3. The number of aliphatic hydroxyl groups excluding tert-OH is 1. The van der Waals surface area contributed by atoms with Crippen LogP contribution in [0.1, 0.15) is 6.42 Å². The van der Waals surface area contributed by atoms with Crippen LogP contribution in [0.15, 0.2) is 47.1 Å². The first kappa shape index (κ1) is 10.6. The van der Waals surface area contributed by atoms with Crippen molar-refractivity contribution >= 4 is 11.8 Å². The van der Waals surface area contributed by atoms with E-state index in [0.29, 0.717) is 12.4 Å². The molecule has 0 amide bonds. The summed E-state index contributed by atoms with van der Waals surface area (Å²) in [4.78, 5) is 1.18. The first-order valence-electron chi connectivity index (χ1n) is 5.05. The molecule has 0 aromatic heterocycles. The quantitative estimate of drug-likeness (QED) is 0.793. The summed E-state index contributed by atoms with van der Waals surface area (Å²) < 4.78 is 5.30. The third-order valence-electron chi connectivity index (χ3n) is 2.21. The van der Waals surface area contributed by atoms with Crippen molar-refractivity contribution in [1.29, 1.82) is 0 Å². The van der Waals surface area contributed by atoms with Gasteiger partial charge in [-0.3, -0.25) is 0 Å². The monoisotopic (exact) mass is 222 g/mol. The second-order valence-electron chi connectivity index (χ2n) is 3.38. The molecule has 15 heavy (non-hydrogen) atoms. The third kappa shape index (κ3) is 3.01. The van der Waals surface area contributed by atoms with E-state index in [4.69, 9.17) is 4.74 Å². The topological polar surface area (TPSA) is 29.5 Å². The molecule has 0 fully saturated rings. The summed E-state index contributed by atoms with van der Waals surface area (Å²) in [5.41, 5.74) is 0. The molecule has 0 spiro atoms. The van der Waals surface area contributed by atoms with Crippen LogP contribution in [0.2, 0.25) is 0 Å². The molecule has 3 heteroatoms. The number of hydrogen-bond acceptors (Lipinski definition) is 3. The van der Waals surface area contributed by atoms with Gasteiger partial charge in [0, 0.05) is 17.1 Å². The summed E-state index contributed by atoms with van der Waals surface area (Å²) in [6.45, 7) is 0.711. The van der Waals surface area contributed by atoms with Crippen molar-refractivity contribution in [3.05, 3.63) is 42.2 Å². The van der Waals surface area contributed by atoms with Gasteiger partial charge in [-0.1, -0.05) is 18.2 Å². The molecular weight excluding hydrogens is 208 g/mol. The van der Waals surface area contributed by atoms with Gasteiger partial charge in [0.1, 0.15) is 11.9 Å². The molecule has 2 nitrogen and oxygen atoms in total. The highest BCUT2D eigenvalue weighted by atomic mass is 32.2. The van der Waals surface area contributed by atoms with E-state index in [0.717, 1.165) is 12.2 Å². The van der Waals surface area contributed by atoms with Crippen molar-refractivity contribution in [1.82, 2.24) is 0 Å². The average molecular weight is 222 g/mol. The molecule has 1 aliphatic heterocycles. The number of hydrogen-bond donors (Lipinski definition) is 1. The van der Waals surface area contributed by atoms with Crippen LogP contribution < -0.4 is 0 Å². The van der Waals surface area contributed by atoms with Gasteiger partial charge in [-0.2, -0.15) is 0 Å². The Morgan fingerprint density at radius 1 is 1.33 bits per heavy atom. The Bertz CT molecular complexity index is 335. The summed E-state index contributed by atoms with van der Waals surface area (Å²) in [5.74, 6) is 1.38. The largest absolute Gasteiger partial charge is 0.495 e. The Hall–Kier alpha value is -0.930. The predicted molar refractivity (Wildman–Crippen MR) is 61.8 cm³/mol. The van der Waals surface area contributed by atoms with E-state index in [2.05, 4.69) is 0 Å². The van der Waals surface area contributed by atoms with E-state index in [1.165, 1.54) is 4.90 Å². The van der Waals surface area contributed by atoms with Gasteiger partial charge in [0.25, 0.3) is 0 Å². The molecular formula is C12H14O2S. The lowest BCUT2D eigenvalue weighted by Crippen LogP contribution is -2.13. The number of benzene rings is 1. The minimum Gasteiger partial charge on any atom is -0.495 e. The highest BCUT2D eigenvalue weighted by molar-refractivity contribution is 7.99. The lowest BCUT2D eigenvalue weighted by Gasteiger charge is -2.11. The minimum absolute atomic E-state index is 0.474. The van der Waals surface area contributed by atoms with Crippen LogP contribution in [-0.2, 0) is 4.74 Å². The van der Waals surface area contributed by atoms with E-state index in [-0.39, 0.29) is 0 Å². The second kappa shape index (κ2) is 5.24. The van der Waals surface area contributed by atoms with Crippen molar-refractivity contribution in [2.24, 2.45) is 0 Å². The molecule has 1 unspecified atom stereocenters. The SMILES string of the molecule is OC(CSc1ccccc1)C1=CCCO1. The second-order valence-corrected chi connectivity index (χ2v) is 4.48. The zero-order chi connectivity index (χ0) is 10.5. The van der Waals surface area contributed by atoms with Gasteiger partial charge in [0.2, 0.25) is 0 Å². The molecule has 0 saturated carbocycles. The number of aliphatic hydroxyl groups is 1. The summed E-state index contributed by atoms with van der Waals surface area (Å²) >= 11 is 1.64. The van der Waals surface area contributed by atoms with Crippen LogP contribution >= 0.6 is 11.8 Å². The maximum absolute atomic E-state index is 9.80. The Kier molecular flexibility index (Phi) is 3.69. The summed E-state index contributed by atoms with van der Waals surface area (Å²) in [5, 5.41) is 9.80. The Balaban J connectivity index is 1.83. The fourth-order valence-corrected chi connectivity index (χ4v) is 2.31. The number of rotatable bonds is 4. The van der Waals surface area contributed by atoms with Gasteiger partial charge in [0.05, 0.1) is 6.61 Å². The number of thioether (sulfide) groups is 1. The molecule has 0 aliphatic carbocycles. The van der Waals surface area contributed by atoms with Crippen molar-refractivity contribution < 1.29 is 9.84 Å². The molecule has 1 atom stereocenters. The van der Waals surface area contributed by atoms with Crippen molar-refractivity contribution in [2.45, 2.75) is 17.4 Å². The molecule has 0 saturated heterocycles. The lowest BCUT2D eigenvalue weighted by molar-refractivity contribution is 0.133. The average Bonchev–Trinajstić information content (AvgIpc) is 2.81. The first-order valence-corrected chi connectivity index (χ1v) is 6.03. The van der Waals surface area contributed by atoms with E-state index in [1.807, 2.05) is 36.4 Å². The van der Waals surface area contributed by atoms with Crippen LogP contribution in [0.25, 0.3) is 0 Å². The highest BCUT2D eigenvalue weighted by Gasteiger charge is 2.15. The predicted octanol–water partition coefficient (Wildman–Crippen LogP) is 2.44. The Morgan fingerprint density at radius 3 is 2.80 bits per heavy atom. The molecule has 1 aliphatic rings. The highest BCUT2D eigenvalue weighted by Crippen LogP contribution is 2.22. The molecule has 2 rings (SSSR count). The Labute approximate surface area is 94.0 Å². The molecule has 0 bridgehead atoms. The van der Waals surface area contributed by atoms with E-state index in [1.54, 1.807) is 11.8 Å². The molecule has 80 valence electrons. The molecule has 1 heterocycles. The van der Waals surface area contributed by atoms with E-state index in [9.17, 15) is 5.11 Å². The fourth-order valence-electron chi connectivity index (χ4n) is 1.44. The molecule has 1 aromatic rings.